The normalized spacial score (nSPS) is 20.1. The van der Waals surface area contributed by atoms with E-state index < -0.39 is 32.6 Å². The molecule has 174 valence electrons. The topological polar surface area (TPSA) is 111 Å². The Bertz CT molecular complexity index is 920. The van der Waals surface area contributed by atoms with E-state index in [9.17, 15) is 22.0 Å². The molecule has 2 aliphatic rings. The van der Waals surface area contributed by atoms with Gasteiger partial charge in [0.2, 0.25) is 21.6 Å². The van der Waals surface area contributed by atoms with Crippen molar-refractivity contribution in [1.29, 1.82) is 0 Å². The quantitative estimate of drug-likeness (QED) is 0.665. The van der Waals surface area contributed by atoms with Crippen LogP contribution in [0.3, 0.4) is 0 Å². The fourth-order valence-electron chi connectivity index (χ4n) is 3.26. The molecular weight excluding hydrogens is 434 g/mol. The highest BCUT2D eigenvalue weighted by Crippen LogP contribution is 2.34. The molecule has 0 unspecified atom stereocenters. The Morgan fingerprint density at radius 1 is 1.23 bits per heavy atom. The monoisotopic (exact) mass is 462 g/mol. The van der Waals surface area contributed by atoms with E-state index in [4.69, 9.17) is 9.47 Å². The summed E-state index contributed by atoms with van der Waals surface area (Å²) in [4.78, 5) is 21.5. The first-order chi connectivity index (χ1) is 14.2. The van der Waals surface area contributed by atoms with Crippen molar-refractivity contribution >= 4 is 21.7 Å². The molecule has 1 N–H and O–H groups in total. The van der Waals surface area contributed by atoms with Crippen molar-refractivity contribution in [1.82, 2.24) is 14.9 Å². The molecule has 1 aromatic heterocycles. The number of carbonyl (C=O) groups is 1. The summed E-state index contributed by atoms with van der Waals surface area (Å²) in [6.07, 6.45) is 0.162. The smallest absolute Gasteiger partial charge is 0.410 e. The summed E-state index contributed by atoms with van der Waals surface area (Å²) in [7, 11) is -3.72. The van der Waals surface area contributed by atoms with Gasteiger partial charge in [-0.3, -0.25) is 0 Å². The van der Waals surface area contributed by atoms with Gasteiger partial charge in [-0.25, -0.2) is 27.0 Å². The Kier molecular flexibility index (Phi) is 6.32. The maximum atomic E-state index is 13.4. The molecule has 12 heteroatoms. The van der Waals surface area contributed by atoms with Gasteiger partial charge >= 0.3 is 6.09 Å². The lowest BCUT2D eigenvalue weighted by atomic mass is 9.92. The van der Waals surface area contributed by atoms with Crippen molar-refractivity contribution in [2.24, 2.45) is 0 Å². The molecule has 1 saturated carbocycles. The number of hydrogen-bond acceptors (Lipinski definition) is 8. The third kappa shape index (κ3) is 6.62. The van der Waals surface area contributed by atoms with Gasteiger partial charge in [0.05, 0.1) is 13.1 Å². The largest absolute Gasteiger partial charge is 0.470 e. The lowest BCUT2D eigenvalue weighted by Gasteiger charge is -2.39. The minimum absolute atomic E-state index is 0.0351. The van der Waals surface area contributed by atoms with Gasteiger partial charge < -0.3 is 19.7 Å². The summed E-state index contributed by atoms with van der Waals surface area (Å²) < 4.78 is 61.7. The van der Waals surface area contributed by atoms with Crippen molar-refractivity contribution < 1.29 is 31.5 Å². The zero-order chi connectivity index (χ0) is 23.0. The van der Waals surface area contributed by atoms with Gasteiger partial charge in [-0.15, -0.1) is 0 Å². The van der Waals surface area contributed by atoms with Crippen LogP contribution in [-0.4, -0.2) is 72.4 Å². The molecule has 2 heterocycles. The second kappa shape index (κ2) is 8.36. The van der Waals surface area contributed by atoms with Crippen LogP contribution in [0.15, 0.2) is 11.2 Å². The predicted octanol–water partition coefficient (Wildman–Crippen LogP) is 2.87. The van der Waals surface area contributed by atoms with Crippen LogP contribution in [0.2, 0.25) is 0 Å². The second-order valence-corrected chi connectivity index (χ2v) is 11.0. The molecular formula is C19H28F2N4O5S. The summed E-state index contributed by atoms with van der Waals surface area (Å²) in [5.74, 6) is -2.43. The van der Waals surface area contributed by atoms with E-state index in [2.05, 4.69) is 15.3 Å². The Morgan fingerprint density at radius 2 is 1.84 bits per heavy atom. The van der Waals surface area contributed by atoms with Gasteiger partial charge in [0, 0.05) is 31.2 Å². The van der Waals surface area contributed by atoms with E-state index in [1.54, 1.807) is 20.8 Å². The fourth-order valence-corrected chi connectivity index (χ4v) is 3.78. The number of nitrogens with zero attached hydrogens (tertiary/aromatic N) is 3. The molecule has 0 atom stereocenters. The predicted molar refractivity (Wildman–Crippen MR) is 108 cm³/mol. The van der Waals surface area contributed by atoms with Crippen molar-refractivity contribution in [2.45, 2.75) is 75.3 Å². The fraction of sp³-hybridized carbons (Fsp3) is 0.737. The number of nitrogens with one attached hydrogen (secondary N) is 1. The molecule has 0 aromatic carbocycles. The molecule has 2 fully saturated rings. The van der Waals surface area contributed by atoms with Crippen molar-refractivity contribution in [3.63, 3.8) is 0 Å². The maximum Gasteiger partial charge on any atom is 0.410 e. The van der Waals surface area contributed by atoms with E-state index in [0.717, 1.165) is 6.26 Å². The minimum atomic E-state index is -3.72. The Hall–Kier alpha value is -2.24. The maximum absolute atomic E-state index is 13.4. The number of amides is 1. The molecule has 3 rings (SSSR count). The summed E-state index contributed by atoms with van der Waals surface area (Å²) >= 11 is 0. The van der Waals surface area contributed by atoms with E-state index in [1.165, 1.54) is 11.0 Å². The number of aromatic nitrogens is 2. The highest BCUT2D eigenvalue weighted by atomic mass is 32.2. The van der Waals surface area contributed by atoms with Crippen LogP contribution in [0.1, 0.15) is 46.5 Å². The van der Waals surface area contributed by atoms with E-state index >= 15 is 0 Å². The van der Waals surface area contributed by atoms with Crippen LogP contribution in [0, 0.1) is 0 Å². The third-order valence-corrected chi connectivity index (χ3v) is 5.72. The number of carbonyl (C=O) groups excluding carboxylic acids is 1. The number of ether oxygens (including phenoxy) is 2. The molecule has 1 aromatic rings. The number of rotatable bonds is 5. The van der Waals surface area contributed by atoms with E-state index in [0.29, 0.717) is 0 Å². The SMILES string of the molecule is CC(C)(C)OC(=O)N1CC(Oc2cc(NC3CCC(F)(F)CC3)nc(S(C)(=O)=O)n2)C1. The number of sulfone groups is 1. The highest BCUT2D eigenvalue weighted by molar-refractivity contribution is 7.90. The lowest BCUT2D eigenvalue weighted by molar-refractivity contribution is -0.0361. The zero-order valence-corrected chi connectivity index (χ0v) is 18.8. The Labute approximate surface area is 180 Å². The van der Waals surface area contributed by atoms with Gasteiger partial charge in [-0.1, -0.05) is 0 Å². The molecule has 1 saturated heterocycles. The third-order valence-electron chi connectivity index (χ3n) is 4.87. The standard InChI is InChI=1S/C19H28F2N4O5S/c1-18(2,3)30-17(26)25-10-13(11-25)29-15-9-14(23-16(24-15)31(4,27)28)22-12-5-7-19(20,21)8-6-12/h9,12-13H,5-8,10-11H2,1-4H3,(H,22,23,24). The van der Waals surface area contributed by atoms with Gasteiger partial charge in [0.1, 0.15) is 17.5 Å². The van der Waals surface area contributed by atoms with Crippen LogP contribution in [0.4, 0.5) is 19.4 Å². The molecule has 31 heavy (non-hydrogen) atoms. The number of likely N-dealkylation sites (tertiary alicyclic amines) is 1. The first-order valence-electron chi connectivity index (χ1n) is 10.1. The average molecular weight is 463 g/mol. The van der Waals surface area contributed by atoms with Crippen molar-refractivity contribution in [3.05, 3.63) is 6.07 Å². The molecule has 0 bridgehead atoms. The Balaban J connectivity index is 1.65. The van der Waals surface area contributed by atoms with Crippen molar-refractivity contribution in [2.75, 3.05) is 24.7 Å². The van der Waals surface area contributed by atoms with Gasteiger partial charge in [0.25, 0.3) is 5.16 Å². The van der Waals surface area contributed by atoms with Gasteiger partial charge in [-0.2, -0.15) is 4.98 Å². The summed E-state index contributed by atoms with van der Waals surface area (Å²) in [5, 5.41) is 2.60. The molecule has 0 spiro atoms. The highest BCUT2D eigenvalue weighted by Gasteiger charge is 2.37. The van der Waals surface area contributed by atoms with Crippen LogP contribution in [-0.2, 0) is 14.6 Å². The molecule has 1 aliphatic heterocycles. The van der Waals surface area contributed by atoms with E-state index in [1.807, 2.05) is 0 Å². The second-order valence-electron chi connectivity index (χ2n) is 9.05. The summed E-state index contributed by atoms with van der Waals surface area (Å²) in [6, 6.07) is 1.19. The van der Waals surface area contributed by atoms with Crippen LogP contribution in [0.5, 0.6) is 5.88 Å². The first kappa shape index (κ1) is 23.4. The minimum Gasteiger partial charge on any atom is -0.470 e. The molecule has 1 amide bonds. The molecule has 1 aliphatic carbocycles. The zero-order valence-electron chi connectivity index (χ0n) is 18.0. The van der Waals surface area contributed by atoms with Crippen LogP contribution >= 0.6 is 0 Å². The van der Waals surface area contributed by atoms with Crippen molar-refractivity contribution in [3.8, 4) is 5.88 Å². The lowest BCUT2D eigenvalue weighted by Crippen LogP contribution is -2.57. The van der Waals surface area contributed by atoms with E-state index in [-0.39, 0.29) is 62.6 Å². The number of halogens is 2. The molecule has 0 radical (unpaired) electrons. The first-order valence-corrected chi connectivity index (χ1v) is 12.0. The number of anilines is 1. The number of hydrogen-bond donors (Lipinski definition) is 1. The average Bonchev–Trinajstić information content (AvgIpc) is 2.57. The Morgan fingerprint density at radius 3 is 2.39 bits per heavy atom. The van der Waals surface area contributed by atoms with Gasteiger partial charge in [-0.05, 0) is 33.6 Å². The van der Waals surface area contributed by atoms with Crippen LogP contribution < -0.4 is 10.1 Å². The summed E-state index contributed by atoms with van der Waals surface area (Å²) in [6.45, 7) is 5.86. The number of alkyl halides is 2. The molecule has 9 nitrogen and oxygen atoms in total. The van der Waals surface area contributed by atoms with Gasteiger partial charge in [0.15, 0.2) is 0 Å². The summed E-state index contributed by atoms with van der Waals surface area (Å²) in [5.41, 5.74) is -0.607. The van der Waals surface area contributed by atoms with Crippen LogP contribution in [0.25, 0.3) is 0 Å².